The summed E-state index contributed by atoms with van der Waals surface area (Å²) in [6, 6.07) is 10.6. The molecule has 0 amide bonds. The van der Waals surface area contributed by atoms with E-state index in [1.54, 1.807) is 0 Å². The van der Waals surface area contributed by atoms with E-state index in [0.29, 0.717) is 5.25 Å². The summed E-state index contributed by atoms with van der Waals surface area (Å²) >= 11 is 1.83. The van der Waals surface area contributed by atoms with Crippen molar-refractivity contribution >= 4 is 16.9 Å². The molecule has 20 heavy (non-hydrogen) atoms. The number of nitrogens with zero attached hydrogens (tertiary/aromatic N) is 1. The Morgan fingerprint density at radius 3 is 2.85 bits per heavy atom. The van der Waals surface area contributed by atoms with E-state index in [4.69, 9.17) is 4.74 Å². The van der Waals surface area contributed by atoms with Crippen molar-refractivity contribution < 1.29 is 4.74 Å². The third-order valence-corrected chi connectivity index (χ3v) is 4.41. The fourth-order valence-electron chi connectivity index (χ4n) is 2.03. The van der Waals surface area contributed by atoms with E-state index in [1.165, 1.54) is 12.0 Å². The van der Waals surface area contributed by atoms with E-state index in [1.807, 2.05) is 11.8 Å². The van der Waals surface area contributed by atoms with Gasteiger partial charge in [-0.3, -0.25) is 4.99 Å². The summed E-state index contributed by atoms with van der Waals surface area (Å²) in [7, 11) is 0. The molecule has 1 aliphatic rings. The van der Waals surface area contributed by atoms with Crippen molar-refractivity contribution in [2.45, 2.75) is 31.4 Å². The van der Waals surface area contributed by atoms with Gasteiger partial charge in [-0.2, -0.15) is 0 Å². The summed E-state index contributed by atoms with van der Waals surface area (Å²) in [4.78, 5) is 4.57. The Balaban J connectivity index is 1.57. The van der Waals surface area contributed by atoms with Gasteiger partial charge >= 0.3 is 0 Å². The van der Waals surface area contributed by atoms with Crippen LogP contribution in [0.4, 0.5) is 0 Å². The molecule has 4 heteroatoms. The fourth-order valence-corrected chi connectivity index (χ4v) is 3.08. The summed E-state index contributed by atoms with van der Waals surface area (Å²) in [5, 5.41) is 4.95. The molecule has 2 rings (SSSR count). The van der Waals surface area contributed by atoms with Gasteiger partial charge in [0.15, 0.2) is 5.17 Å². The van der Waals surface area contributed by atoms with E-state index < -0.39 is 0 Å². The average Bonchev–Trinajstić information content (AvgIpc) is 2.96. The molecule has 1 unspecified atom stereocenters. The second-order valence-corrected chi connectivity index (χ2v) is 6.10. The summed E-state index contributed by atoms with van der Waals surface area (Å²) in [6.07, 6.45) is 3.40. The molecule has 0 saturated heterocycles. The molecular formula is C16H24N2OS. The zero-order chi connectivity index (χ0) is 14.0. The highest BCUT2D eigenvalue weighted by Crippen LogP contribution is 2.33. The van der Waals surface area contributed by atoms with E-state index in [0.717, 1.165) is 44.3 Å². The number of aliphatic imine (C=N–C) groups is 1. The van der Waals surface area contributed by atoms with Crippen LogP contribution < -0.4 is 5.32 Å². The molecule has 1 aromatic rings. The van der Waals surface area contributed by atoms with Crippen LogP contribution in [0.15, 0.2) is 35.3 Å². The minimum Gasteiger partial charge on any atom is -0.381 e. The Morgan fingerprint density at radius 2 is 2.05 bits per heavy atom. The number of benzene rings is 1. The molecule has 1 aliphatic heterocycles. The van der Waals surface area contributed by atoms with E-state index >= 15 is 0 Å². The second-order valence-electron chi connectivity index (χ2n) is 4.91. The molecule has 0 fully saturated rings. The lowest BCUT2D eigenvalue weighted by atomic mass is 10.1. The van der Waals surface area contributed by atoms with Crippen LogP contribution in [0.25, 0.3) is 0 Å². The van der Waals surface area contributed by atoms with Crippen LogP contribution in [0.3, 0.4) is 0 Å². The molecule has 0 aliphatic carbocycles. The zero-order valence-electron chi connectivity index (χ0n) is 12.2. The van der Waals surface area contributed by atoms with Crippen molar-refractivity contribution in [3.05, 3.63) is 35.9 Å². The predicted octanol–water partition coefficient (Wildman–Crippen LogP) is 3.63. The van der Waals surface area contributed by atoms with Gasteiger partial charge in [-0.1, -0.05) is 55.4 Å². The first-order chi connectivity index (χ1) is 9.90. The van der Waals surface area contributed by atoms with Gasteiger partial charge in [0.2, 0.25) is 0 Å². The lowest BCUT2D eigenvalue weighted by molar-refractivity contribution is 0.129. The number of hydrogen-bond acceptors (Lipinski definition) is 4. The van der Waals surface area contributed by atoms with Gasteiger partial charge in [0.05, 0.1) is 11.8 Å². The first kappa shape index (κ1) is 15.4. The second kappa shape index (κ2) is 9.03. The van der Waals surface area contributed by atoms with Crippen molar-refractivity contribution in [3.8, 4) is 0 Å². The topological polar surface area (TPSA) is 33.6 Å². The van der Waals surface area contributed by atoms with Crippen molar-refractivity contribution in [3.63, 3.8) is 0 Å². The van der Waals surface area contributed by atoms with Crippen LogP contribution in [0.5, 0.6) is 0 Å². The van der Waals surface area contributed by atoms with E-state index in [-0.39, 0.29) is 0 Å². The minimum absolute atomic E-state index is 0.472. The average molecular weight is 292 g/mol. The van der Waals surface area contributed by atoms with E-state index in [2.05, 4.69) is 47.6 Å². The number of nitrogens with one attached hydrogen (secondary N) is 1. The normalized spacial score (nSPS) is 18.1. The summed E-state index contributed by atoms with van der Waals surface area (Å²) in [5.41, 5.74) is 1.36. The Labute approximate surface area is 126 Å². The number of unbranched alkanes of at least 4 members (excludes halogenated alkanes) is 1. The molecule has 3 nitrogen and oxygen atoms in total. The standard InChI is InChI=1S/C16H24N2OS/c1-2-3-11-19-12-7-10-17-16-18-13-15(20-16)14-8-5-4-6-9-14/h4-6,8-9,15H,2-3,7,10-13H2,1H3,(H,17,18). The van der Waals surface area contributed by atoms with E-state index in [9.17, 15) is 0 Å². The van der Waals surface area contributed by atoms with Gasteiger partial charge in [-0.05, 0) is 18.4 Å². The minimum atomic E-state index is 0.472. The molecule has 0 saturated carbocycles. The van der Waals surface area contributed by atoms with Crippen molar-refractivity contribution in [1.29, 1.82) is 0 Å². The van der Waals surface area contributed by atoms with Gasteiger partial charge in [-0.15, -0.1) is 0 Å². The monoisotopic (exact) mass is 292 g/mol. The predicted molar refractivity (Wildman–Crippen MR) is 87.4 cm³/mol. The van der Waals surface area contributed by atoms with Gasteiger partial charge in [-0.25, -0.2) is 0 Å². The zero-order valence-corrected chi connectivity index (χ0v) is 13.0. The molecule has 0 radical (unpaired) electrons. The molecule has 1 aromatic carbocycles. The van der Waals surface area contributed by atoms with Crippen LogP contribution in [0.1, 0.15) is 37.0 Å². The number of thioether (sulfide) groups is 1. The summed E-state index contributed by atoms with van der Waals surface area (Å²) in [5.74, 6) is 0. The number of rotatable bonds is 8. The first-order valence-electron chi connectivity index (χ1n) is 7.48. The van der Waals surface area contributed by atoms with Gasteiger partial charge in [0.1, 0.15) is 0 Å². The lowest BCUT2D eigenvalue weighted by Crippen LogP contribution is -2.21. The Kier molecular flexibility index (Phi) is 6.95. The molecule has 1 heterocycles. The Hall–Kier alpha value is -1.00. The third-order valence-electron chi connectivity index (χ3n) is 3.21. The van der Waals surface area contributed by atoms with Gasteiger partial charge < -0.3 is 10.1 Å². The first-order valence-corrected chi connectivity index (χ1v) is 8.35. The van der Waals surface area contributed by atoms with Crippen molar-refractivity contribution in [1.82, 2.24) is 5.32 Å². The highest BCUT2D eigenvalue weighted by atomic mass is 32.2. The van der Waals surface area contributed by atoms with Crippen LogP contribution in [-0.4, -0.2) is 31.5 Å². The van der Waals surface area contributed by atoms with Gasteiger partial charge in [0.25, 0.3) is 0 Å². The number of ether oxygens (including phenoxy) is 1. The van der Waals surface area contributed by atoms with Crippen LogP contribution in [0.2, 0.25) is 0 Å². The quantitative estimate of drug-likeness (QED) is 0.743. The smallest absolute Gasteiger partial charge is 0.157 e. The summed E-state index contributed by atoms with van der Waals surface area (Å²) in [6.45, 7) is 5.74. The molecule has 110 valence electrons. The van der Waals surface area contributed by atoms with Gasteiger partial charge in [0, 0.05) is 19.8 Å². The molecule has 1 N–H and O–H groups in total. The van der Waals surface area contributed by atoms with Crippen LogP contribution in [0, 0.1) is 0 Å². The Bertz CT molecular complexity index is 408. The fraction of sp³-hybridized carbons (Fsp3) is 0.562. The highest BCUT2D eigenvalue weighted by Gasteiger charge is 2.20. The maximum atomic E-state index is 5.54. The van der Waals surface area contributed by atoms with Crippen molar-refractivity contribution in [2.24, 2.45) is 4.99 Å². The molecule has 0 aromatic heterocycles. The number of amidine groups is 1. The summed E-state index contributed by atoms with van der Waals surface area (Å²) < 4.78 is 5.54. The molecule has 1 atom stereocenters. The van der Waals surface area contributed by atoms with Crippen LogP contribution in [-0.2, 0) is 4.74 Å². The number of hydrogen-bond donors (Lipinski definition) is 1. The maximum absolute atomic E-state index is 5.54. The molecule has 0 bridgehead atoms. The van der Waals surface area contributed by atoms with Crippen molar-refractivity contribution in [2.75, 3.05) is 26.3 Å². The highest BCUT2D eigenvalue weighted by molar-refractivity contribution is 8.14. The molecule has 0 spiro atoms. The maximum Gasteiger partial charge on any atom is 0.157 e. The Morgan fingerprint density at radius 1 is 1.25 bits per heavy atom. The third kappa shape index (κ3) is 5.17. The largest absolute Gasteiger partial charge is 0.381 e. The lowest BCUT2D eigenvalue weighted by Gasteiger charge is -2.09. The SMILES string of the molecule is CCCCOCCCNC1=NCC(c2ccccc2)S1. The molecular weight excluding hydrogens is 268 g/mol. The van der Waals surface area contributed by atoms with Crippen LogP contribution >= 0.6 is 11.8 Å².